The summed E-state index contributed by atoms with van der Waals surface area (Å²) in [4.78, 5) is 8.91. The van der Waals surface area contributed by atoms with Gasteiger partial charge in [-0.15, -0.1) is 22.7 Å². The van der Waals surface area contributed by atoms with Gasteiger partial charge in [0.2, 0.25) is 0 Å². The summed E-state index contributed by atoms with van der Waals surface area (Å²) in [5.74, 6) is 1.82. The highest BCUT2D eigenvalue weighted by atomic mass is 32.2. The van der Waals surface area contributed by atoms with Crippen molar-refractivity contribution in [3.8, 4) is 43.5 Å². The van der Waals surface area contributed by atoms with E-state index in [1.54, 1.807) is 68.9 Å². The molecule has 0 bridgehead atoms. The lowest BCUT2D eigenvalue weighted by molar-refractivity contribution is -0.366. The smallest absolute Gasteiger partial charge is 0.393 e. The Morgan fingerprint density at radius 2 is 0.929 bits per heavy atom. The van der Waals surface area contributed by atoms with E-state index >= 15 is 0 Å². The van der Waals surface area contributed by atoms with Gasteiger partial charge in [0.05, 0.1) is 24.3 Å². The summed E-state index contributed by atoms with van der Waals surface area (Å²) in [5, 5.41) is 31.0. The molecule has 0 amide bonds. The fraction of sp³-hybridized carbons (Fsp3) is 0.0952. The minimum absolute atomic E-state index is 0.904. The summed E-state index contributed by atoms with van der Waals surface area (Å²) in [7, 11) is 5.06. The lowest BCUT2D eigenvalue weighted by atomic mass is 10.1. The molecule has 0 aliphatic carbocycles. The first-order chi connectivity index (χ1) is 27.1. The number of hydrogen-bond donors (Lipinski definition) is 0. The molecule has 0 fully saturated rings. The molecule has 6 heterocycles. The van der Waals surface area contributed by atoms with Gasteiger partial charge in [-0.1, -0.05) is 36.4 Å². The molecular formula is C42H36BFN2O4S6. The van der Waals surface area contributed by atoms with E-state index < -0.39 is 7.40 Å². The number of nitrogens with zero attached hydrogens (tertiary/aromatic N) is 2. The van der Waals surface area contributed by atoms with Crippen LogP contribution in [-0.4, -0.2) is 35.6 Å². The third-order valence-corrected chi connectivity index (χ3v) is 13.1. The Hall–Kier alpha value is -4.25. The molecule has 0 saturated carbocycles. The topological polar surface area (TPSA) is 75.2 Å². The van der Waals surface area contributed by atoms with E-state index in [1.807, 2.05) is 0 Å². The molecule has 0 N–H and O–H groups in total. The van der Waals surface area contributed by atoms with E-state index in [-0.39, 0.29) is 0 Å². The molecule has 0 aliphatic heterocycles. The van der Waals surface area contributed by atoms with Crippen LogP contribution in [0.25, 0.3) is 43.5 Å². The SMILES string of the molecule is CN(C)c1ccc(-c2cc(Sc3ccsc3)[o+]c(-c3cccs3)c2)cc1.CN(C)c1ccc(-c2cc(Sc3ccsc3)[o+]c(-c3cccs3)c2)cc1.[O-]B([O-])F. The maximum Gasteiger partial charge on any atom is 0.393 e. The van der Waals surface area contributed by atoms with Gasteiger partial charge in [0, 0.05) is 94.8 Å². The zero-order valence-electron chi connectivity index (χ0n) is 30.8. The fourth-order valence-corrected chi connectivity index (χ4v) is 9.88. The van der Waals surface area contributed by atoms with Gasteiger partial charge in [-0.2, -0.15) is 31.5 Å². The quantitative estimate of drug-likeness (QED) is 0.0995. The van der Waals surface area contributed by atoms with Crippen molar-refractivity contribution >= 4 is 87.6 Å². The number of thiophene rings is 4. The van der Waals surface area contributed by atoms with E-state index in [0.717, 1.165) is 31.5 Å². The molecule has 6 aromatic heterocycles. The van der Waals surface area contributed by atoms with Crippen LogP contribution in [0.2, 0.25) is 0 Å². The van der Waals surface area contributed by atoms with Crippen molar-refractivity contribution in [1.82, 2.24) is 0 Å². The lowest BCUT2D eigenvalue weighted by Crippen LogP contribution is -2.39. The van der Waals surface area contributed by atoms with Gasteiger partial charge >= 0.3 is 21.7 Å². The molecular weight excluding hydrogens is 819 g/mol. The van der Waals surface area contributed by atoms with E-state index in [1.165, 1.54) is 43.4 Å². The lowest BCUT2D eigenvalue weighted by Gasteiger charge is -2.12. The Kier molecular flexibility index (Phi) is 15.0. The van der Waals surface area contributed by atoms with Crippen molar-refractivity contribution in [2.45, 2.75) is 20.0 Å². The Morgan fingerprint density at radius 1 is 0.536 bits per heavy atom. The van der Waals surface area contributed by atoms with Crippen molar-refractivity contribution < 1.29 is 23.2 Å². The zero-order valence-corrected chi connectivity index (χ0v) is 35.7. The van der Waals surface area contributed by atoms with Gasteiger partial charge in [-0.05, 0) is 81.2 Å². The van der Waals surface area contributed by atoms with Crippen LogP contribution in [0.5, 0.6) is 0 Å². The monoisotopic (exact) mass is 854 g/mol. The summed E-state index contributed by atoms with van der Waals surface area (Å²) in [6.07, 6.45) is 0. The largest absolute Gasteiger partial charge is 0.867 e. The van der Waals surface area contributed by atoms with Crippen LogP contribution in [0.4, 0.5) is 15.7 Å². The molecule has 0 unspecified atom stereocenters. The highest BCUT2D eigenvalue weighted by molar-refractivity contribution is 7.99. The third kappa shape index (κ3) is 11.9. The predicted molar refractivity (Wildman–Crippen MR) is 236 cm³/mol. The van der Waals surface area contributed by atoms with Gasteiger partial charge in [-0.25, -0.2) is 0 Å². The van der Waals surface area contributed by atoms with Gasteiger partial charge in [-0.3, -0.25) is 0 Å². The Balaban J connectivity index is 0.000000174. The van der Waals surface area contributed by atoms with Crippen molar-refractivity contribution in [2.24, 2.45) is 0 Å². The zero-order chi connectivity index (χ0) is 39.4. The number of benzene rings is 2. The second-order valence-corrected chi connectivity index (χ2v) is 17.9. The standard InChI is InChI=1S/2C21H18NOS3.BFO2/c2*1-22(2)17-7-5-15(6-8-17)16-12-19(20-4-3-10-25-20)23-21(13-16)26-18-9-11-24-14-18;2-1(3)4/h2*3-14H,1-2H3;/q2*+1;-2. The molecule has 0 radical (unpaired) electrons. The molecule has 0 spiro atoms. The van der Waals surface area contributed by atoms with E-state index in [9.17, 15) is 4.32 Å². The van der Waals surface area contributed by atoms with Crippen molar-refractivity contribution in [2.75, 3.05) is 38.0 Å². The first-order valence-corrected chi connectivity index (χ1v) is 22.3. The van der Waals surface area contributed by atoms with E-state index in [0.29, 0.717) is 0 Å². The molecule has 6 nitrogen and oxygen atoms in total. The third-order valence-electron chi connectivity index (χ3n) is 7.93. The summed E-state index contributed by atoms with van der Waals surface area (Å²) in [6.45, 7) is 0. The molecule has 284 valence electrons. The van der Waals surface area contributed by atoms with E-state index in [2.05, 4.69) is 179 Å². The Bertz CT molecular complexity index is 2190. The number of hydrogen-bond acceptors (Lipinski definition) is 10. The van der Waals surface area contributed by atoms with E-state index in [4.69, 9.17) is 18.9 Å². The number of anilines is 2. The van der Waals surface area contributed by atoms with Crippen LogP contribution in [0.3, 0.4) is 0 Å². The summed E-state index contributed by atoms with van der Waals surface area (Å²) >= 11 is 10.1. The van der Waals surface area contributed by atoms with Crippen LogP contribution in [0.15, 0.2) is 170 Å². The molecule has 56 heavy (non-hydrogen) atoms. The Morgan fingerprint density at radius 3 is 1.23 bits per heavy atom. The highest BCUT2D eigenvalue weighted by Gasteiger charge is 2.22. The second-order valence-electron chi connectivity index (χ2n) is 12.3. The first-order valence-electron chi connectivity index (χ1n) is 17.1. The summed E-state index contributed by atoms with van der Waals surface area (Å²) in [6, 6.07) is 38.3. The van der Waals surface area contributed by atoms with Crippen LogP contribution in [0.1, 0.15) is 0 Å². The molecule has 0 atom stereocenters. The molecule has 2 aromatic carbocycles. The Labute approximate surface area is 351 Å². The predicted octanol–water partition coefficient (Wildman–Crippen LogP) is 12.1. The van der Waals surface area contributed by atoms with Crippen LogP contribution >= 0.6 is 68.9 Å². The van der Waals surface area contributed by atoms with Crippen molar-refractivity contribution in [1.29, 1.82) is 0 Å². The second kappa shape index (κ2) is 20.3. The van der Waals surface area contributed by atoms with Crippen LogP contribution < -0.4 is 19.8 Å². The number of halogens is 1. The minimum atomic E-state index is -3.17. The van der Waals surface area contributed by atoms with Gasteiger partial charge in [0.1, 0.15) is 17.1 Å². The number of rotatable bonds is 10. The van der Waals surface area contributed by atoms with Crippen molar-refractivity contribution in [3.63, 3.8) is 0 Å². The maximum absolute atomic E-state index is 9.89. The molecule has 0 aliphatic rings. The van der Waals surface area contributed by atoms with Crippen molar-refractivity contribution in [3.05, 3.63) is 141 Å². The first kappa shape index (κ1) is 41.4. The van der Waals surface area contributed by atoms with Crippen LogP contribution in [0, 0.1) is 0 Å². The van der Waals surface area contributed by atoms with Crippen LogP contribution in [-0.2, 0) is 0 Å². The fourth-order valence-electron chi connectivity index (χ4n) is 5.23. The molecule has 8 rings (SSSR count). The summed E-state index contributed by atoms with van der Waals surface area (Å²) in [5.41, 5.74) is 7.11. The van der Waals surface area contributed by atoms with Gasteiger partial charge in [0.15, 0.2) is 0 Å². The minimum Gasteiger partial charge on any atom is -0.867 e. The molecule has 14 heteroatoms. The molecule has 0 saturated heterocycles. The van der Waals surface area contributed by atoms with Gasteiger partial charge < -0.3 is 24.2 Å². The average Bonchev–Trinajstić information content (AvgIpc) is 4.05. The maximum atomic E-state index is 9.89. The summed E-state index contributed by atoms with van der Waals surface area (Å²) < 4.78 is 22.3. The average molecular weight is 855 g/mol. The highest BCUT2D eigenvalue weighted by Crippen LogP contribution is 2.39. The van der Waals surface area contributed by atoms with Gasteiger partial charge in [0.25, 0.3) is 0 Å². The molecule has 8 aromatic rings. The normalized spacial score (nSPS) is 10.6.